The molecule has 0 amide bonds. The number of rotatable bonds is 6. The van der Waals surface area contributed by atoms with Crippen molar-refractivity contribution in [1.82, 2.24) is 4.90 Å². The summed E-state index contributed by atoms with van der Waals surface area (Å²) >= 11 is 3.29. The Hall–Kier alpha value is -0.970. The fraction of sp³-hybridized carbons (Fsp3) is 0.357. The molecule has 0 saturated heterocycles. The third-order valence-corrected chi connectivity index (χ3v) is 4.83. The van der Waals surface area contributed by atoms with Gasteiger partial charge in [0.05, 0.1) is 11.4 Å². The number of thiophene rings is 2. The van der Waals surface area contributed by atoms with Crippen LogP contribution in [-0.2, 0) is 6.42 Å². The van der Waals surface area contributed by atoms with Gasteiger partial charge in [-0.1, -0.05) is 12.1 Å². The van der Waals surface area contributed by atoms with Crippen LogP contribution < -0.4 is 0 Å². The van der Waals surface area contributed by atoms with E-state index in [1.54, 1.807) is 11.3 Å². The second-order valence-electron chi connectivity index (χ2n) is 4.45. The Bertz CT molecular complexity index is 476. The van der Waals surface area contributed by atoms with Crippen molar-refractivity contribution in [2.75, 3.05) is 13.6 Å². The topological polar surface area (TPSA) is 20.3 Å². The highest BCUT2D eigenvalue weighted by atomic mass is 32.1. The zero-order chi connectivity index (χ0) is 13.0. The van der Waals surface area contributed by atoms with E-state index in [4.69, 9.17) is 0 Å². The van der Waals surface area contributed by atoms with Crippen LogP contribution in [0.5, 0.6) is 0 Å². The summed E-state index contributed by atoms with van der Waals surface area (Å²) in [4.78, 5) is 16.3. The molecule has 0 N–H and O–H groups in total. The molecule has 4 heteroatoms. The van der Waals surface area contributed by atoms with E-state index in [2.05, 4.69) is 29.3 Å². The number of ketones is 1. The first-order valence-corrected chi connectivity index (χ1v) is 7.72. The molecule has 96 valence electrons. The molecule has 0 radical (unpaired) electrons. The minimum Gasteiger partial charge on any atom is -0.296 e. The molecule has 18 heavy (non-hydrogen) atoms. The van der Waals surface area contributed by atoms with Crippen LogP contribution >= 0.6 is 22.7 Å². The Morgan fingerprint density at radius 2 is 2.00 bits per heavy atom. The van der Waals surface area contributed by atoms with E-state index in [1.165, 1.54) is 16.2 Å². The van der Waals surface area contributed by atoms with Crippen LogP contribution in [0.2, 0.25) is 0 Å². The molecule has 0 spiro atoms. The van der Waals surface area contributed by atoms with E-state index >= 15 is 0 Å². The summed E-state index contributed by atoms with van der Waals surface area (Å²) in [7, 11) is 2.02. The summed E-state index contributed by atoms with van der Waals surface area (Å²) in [6.45, 7) is 2.66. The van der Waals surface area contributed by atoms with E-state index in [9.17, 15) is 4.79 Å². The Morgan fingerprint density at radius 3 is 2.61 bits per heavy atom. The second kappa shape index (κ2) is 6.27. The molecule has 2 aromatic rings. The molecule has 1 unspecified atom stereocenters. The van der Waals surface area contributed by atoms with E-state index in [0.717, 1.165) is 11.3 Å². The van der Waals surface area contributed by atoms with Crippen LogP contribution in [0, 0.1) is 0 Å². The minimum absolute atomic E-state index is 0.213. The first-order valence-electron chi connectivity index (χ1n) is 5.96. The van der Waals surface area contributed by atoms with Crippen molar-refractivity contribution < 1.29 is 4.79 Å². The zero-order valence-electron chi connectivity index (χ0n) is 10.6. The Morgan fingerprint density at radius 1 is 1.28 bits per heavy atom. The second-order valence-corrected chi connectivity index (χ2v) is 6.43. The lowest BCUT2D eigenvalue weighted by Crippen LogP contribution is -2.35. The number of carbonyl (C=O) groups is 1. The highest BCUT2D eigenvalue weighted by molar-refractivity contribution is 7.12. The van der Waals surface area contributed by atoms with Crippen molar-refractivity contribution in [2.45, 2.75) is 19.4 Å². The molecule has 0 aromatic carbocycles. The smallest absolute Gasteiger partial charge is 0.186 e. The van der Waals surface area contributed by atoms with Gasteiger partial charge in [-0.3, -0.25) is 9.69 Å². The molecular weight excluding hydrogens is 262 g/mol. The predicted molar refractivity (Wildman–Crippen MR) is 78.8 cm³/mol. The largest absolute Gasteiger partial charge is 0.296 e. The number of nitrogens with zero attached hydrogens (tertiary/aromatic N) is 1. The fourth-order valence-corrected chi connectivity index (χ4v) is 3.26. The highest BCUT2D eigenvalue weighted by Crippen LogP contribution is 2.15. The van der Waals surface area contributed by atoms with Crippen LogP contribution in [0.25, 0.3) is 0 Å². The third-order valence-electron chi connectivity index (χ3n) is 3.02. The van der Waals surface area contributed by atoms with Gasteiger partial charge in [0.25, 0.3) is 0 Å². The van der Waals surface area contributed by atoms with Crippen LogP contribution in [0.15, 0.2) is 35.0 Å². The number of likely N-dealkylation sites (N-methyl/N-ethyl adjacent to an activating group) is 1. The van der Waals surface area contributed by atoms with Gasteiger partial charge in [0.1, 0.15) is 0 Å². The Labute approximate surface area is 116 Å². The quantitative estimate of drug-likeness (QED) is 0.754. The Kier molecular flexibility index (Phi) is 4.69. The van der Waals surface area contributed by atoms with Gasteiger partial charge < -0.3 is 0 Å². The number of carbonyl (C=O) groups excluding carboxylic acids is 1. The molecule has 0 aliphatic carbocycles. The normalized spacial score (nSPS) is 12.8. The molecule has 0 saturated carbocycles. The number of Topliss-reactive ketones (excluding diaryl/α,β-unsaturated/α-hetero) is 1. The summed E-state index contributed by atoms with van der Waals surface area (Å²) in [6, 6.07) is 8.42. The molecule has 0 fully saturated rings. The minimum atomic E-state index is 0.213. The van der Waals surface area contributed by atoms with Crippen molar-refractivity contribution in [3.05, 3.63) is 44.8 Å². The van der Waals surface area contributed by atoms with Gasteiger partial charge in [0.2, 0.25) is 0 Å². The summed E-state index contributed by atoms with van der Waals surface area (Å²) in [5.74, 6) is 0.213. The molecule has 2 heterocycles. The summed E-state index contributed by atoms with van der Waals surface area (Å²) < 4.78 is 0. The van der Waals surface area contributed by atoms with Crippen LogP contribution in [0.3, 0.4) is 0 Å². The zero-order valence-corrected chi connectivity index (χ0v) is 12.3. The maximum Gasteiger partial charge on any atom is 0.186 e. The molecule has 0 bridgehead atoms. The maximum absolute atomic E-state index is 12.0. The first kappa shape index (κ1) is 13.5. The van der Waals surface area contributed by atoms with Gasteiger partial charge in [0, 0.05) is 10.9 Å². The van der Waals surface area contributed by atoms with Crippen molar-refractivity contribution in [2.24, 2.45) is 0 Å². The summed E-state index contributed by atoms with van der Waals surface area (Å²) in [5.41, 5.74) is 0. The van der Waals surface area contributed by atoms with E-state index in [-0.39, 0.29) is 5.78 Å². The maximum atomic E-state index is 12.0. The van der Waals surface area contributed by atoms with Gasteiger partial charge in [-0.25, -0.2) is 0 Å². The SMILES string of the molecule is CC(Cc1cccs1)N(C)CC(=O)c1cccs1. The first-order chi connectivity index (χ1) is 8.66. The van der Waals surface area contributed by atoms with E-state index < -0.39 is 0 Å². The fourth-order valence-electron chi connectivity index (χ4n) is 1.77. The van der Waals surface area contributed by atoms with Crippen LogP contribution in [0.4, 0.5) is 0 Å². The lowest BCUT2D eigenvalue weighted by Gasteiger charge is -2.23. The molecule has 0 aliphatic heterocycles. The van der Waals surface area contributed by atoms with Crippen molar-refractivity contribution in [3.8, 4) is 0 Å². The van der Waals surface area contributed by atoms with Gasteiger partial charge in [0.15, 0.2) is 5.78 Å². The lowest BCUT2D eigenvalue weighted by atomic mass is 10.1. The standard InChI is InChI=1S/C14H17NOS2/c1-11(9-12-5-3-7-17-12)15(2)10-13(16)14-6-4-8-18-14/h3-8,11H,9-10H2,1-2H3. The summed E-state index contributed by atoms with van der Waals surface area (Å²) in [5, 5.41) is 4.04. The van der Waals surface area contributed by atoms with Gasteiger partial charge >= 0.3 is 0 Å². The molecule has 1 atom stereocenters. The van der Waals surface area contributed by atoms with E-state index in [0.29, 0.717) is 12.6 Å². The number of hydrogen-bond donors (Lipinski definition) is 0. The molecule has 0 aliphatic rings. The van der Waals surface area contributed by atoms with E-state index in [1.807, 2.05) is 24.6 Å². The van der Waals surface area contributed by atoms with Crippen molar-refractivity contribution >= 4 is 28.5 Å². The lowest BCUT2D eigenvalue weighted by molar-refractivity contribution is 0.0929. The van der Waals surface area contributed by atoms with Crippen molar-refractivity contribution in [3.63, 3.8) is 0 Å². The average Bonchev–Trinajstić information content (AvgIpc) is 3.01. The van der Waals surface area contributed by atoms with Gasteiger partial charge in [-0.05, 0) is 43.3 Å². The van der Waals surface area contributed by atoms with Crippen molar-refractivity contribution in [1.29, 1.82) is 0 Å². The predicted octanol–water partition coefficient (Wildman–Crippen LogP) is 3.56. The number of hydrogen-bond acceptors (Lipinski definition) is 4. The molecule has 2 aromatic heterocycles. The Balaban J connectivity index is 1.87. The molecular formula is C14H17NOS2. The summed E-state index contributed by atoms with van der Waals surface area (Å²) in [6.07, 6.45) is 1.01. The van der Waals surface area contributed by atoms with Gasteiger partial charge in [-0.2, -0.15) is 0 Å². The molecule has 2 nitrogen and oxygen atoms in total. The highest BCUT2D eigenvalue weighted by Gasteiger charge is 2.15. The average molecular weight is 279 g/mol. The molecule has 2 rings (SSSR count). The third kappa shape index (κ3) is 3.51. The van der Waals surface area contributed by atoms with Gasteiger partial charge in [-0.15, -0.1) is 22.7 Å². The van der Waals surface area contributed by atoms with Crippen LogP contribution in [0.1, 0.15) is 21.5 Å². The van der Waals surface area contributed by atoms with Crippen LogP contribution in [-0.4, -0.2) is 30.3 Å². The monoisotopic (exact) mass is 279 g/mol.